The SMILES string of the molecule is COc1c(-c2nccn2C(=O)OC(C)(C)C)[nH]ccc1=O.COc1c(-c2nccn2C(=O)OC(C)(C)C)n(N)ccc1=O. The minimum absolute atomic E-state index is 0.000934. The first-order chi connectivity index (χ1) is 20.1. The van der Waals surface area contributed by atoms with Crippen LogP contribution in [0.15, 0.2) is 58.9 Å². The molecule has 43 heavy (non-hydrogen) atoms. The van der Waals surface area contributed by atoms with Gasteiger partial charge in [-0.05, 0) is 41.5 Å². The quantitative estimate of drug-likeness (QED) is 0.329. The number of carbonyl (C=O) groups is 2. The van der Waals surface area contributed by atoms with Gasteiger partial charge in [-0.1, -0.05) is 0 Å². The number of hydrogen-bond acceptors (Lipinski definition) is 11. The molecule has 15 nitrogen and oxygen atoms in total. The maximum absolute atomic E-state index is 12.2. The molecule has 4 aromatic heterocycles. The molecule has 3 N–H and O–H groups in total. The molecule has 15 heteroatoms. The molecular formula is C28H35N7O8. The highest BCUT2D eigenvalue weighted by Gasteiger charge is 2.25. The average molecular weight is 598 g/mol. The second kappa shape index (κ2) is 12.7. The van der Waals surface area contributed by atoms with Crippen LogP contribution in [0.1, 0.15) is 41.5 Å². The van der Waals surface area contributed by atoms with Gasteiger partial charge in [0.15, 0.2) is 28.8 Å². The number of pyridine rings is 2. The summed E-state index contributed by atoms with van der Waals surface area (Å²) < 4.78 is 24.3. The molecule has 4 heterocycles. The van der Waals surface area contributed by atoms with E-state index in [1.807, 2.05) is 0 Å². The van der Waals surface area contributed by atoms with Gasteiger partial charge in [0.05, 0.1) is 14.2 Å². The largest absolute Gasteiger partial charge is 0.491 e. The summed E-state index contributed by atoms with van der Waals surface area (Å²) >= 11 is 0. The Hall–Kier alpha value is -5.34. The molecule has 0 amide bonds. The first kappa shape index (κ1) is 32.2. The minimum atomic E-state index is -0.665. The van der Waals surface area contributed by atoms with Gasteiger partial charge in [0.2, 0.25) is 10.9 Å². The van der Waals surface area contributed by atoms with Gasteiger partial charge in [-0.15, -0.1) is 0 Å². The van der Waals surface area contributed by atoms with E-state index in [4.69, 9.17) is 24.8 Å². The average Bonchev–Trinajstić information content (AvgIpc) is 3.58. The standard InChI is InChI=1S/C14H18N4O4.C14H17N3O4/c1-14(2,3)22-13(20)17-8-6-16-12(17)10-11(21-4)9(19)5-7-18(10)15;1-14(2,3)21-13(19)17-8-7-16-12(17)10-11(20-4)9(18)5-6-15-10/h5-8H,15H2,1-4H3;5-8H,1-4H3,(H,15,18). The van der Waals surface area contributed by atoms with Crippen LogP contribution in [0.4, 0.5) is 9.59 Å². The van der Waals surface area contributed by atoms with Crippen LogP contribution in [-0.2, 0) is 9.47 Å². The normalized spacial score (nSPS) is 11.3. The zero-order valence-electron chi connectivity index (χ0n) is 25.2. The minimum Gasteiger partial charge on any atom is -0.491 e. The number of imidazole rings is 2. The van der Waals surface area contributed by atoms with Crippen molar-refractivity contribution in [3.63, 3.8) is 0 Å². The van der Waals surface area contributed by atoms with Crippen molar-refractivity contribution >= 4 is 12.2 Å². The van der Waals surface area contributed by atoms with E-state index in [2.05, 4.69) is 15.0 Å². The van der Waals surface area contributed by atoms with Crippen molar-refractivity contribution < 1.29 is 28.5 Å². The van der Waals surface area contributed by atoms with Crippen molar-refractivity contribution in [3.8, 4) is 34.5 Å². The molecule has 0 atom stereocenters. The number of nitrogens with zero attached hydrogens (tertiary/aromatic N) is 5. The Balaban J connectivity index is 0.000000236. The van der Waals surface area contributed by atoms with Crippen molar-refractivity contribution in [1.82, 2.24) is 28.8 Å². The number of aromatic amines is 1. The summed E-state index contributed by atoms with van der Waals surface area (Å²) in [6.07, 6.45) is 7.39. The molecule has 0 fully saturated rings. The van der Waals surface area contributed by atoms with E-state index in [0.29, 0.717) is 5.69 Å². The van der Waals surface area contributed by atoms with Crippen molar-refractivity contribution in [1.29, 1.82) is 0 Å². The molecule has 4 rings (SSSR count). The van der Waals surface area contributed by atoms with Crippen LogP contribution < -0.4 is 26.2 Å². The van der Waals surface area contributed by atoms with Gasteiger partial charge in [-0.3, -0.25) is 14.3 Å². The maximum atomic E-state index is 12.2. The number of carbonyl (C=O) groups excluding carboxylic acids is 2. The van der Waals surface area contributed by atoms with Crippen LogP contribution in [0.3, 0.4) is 0 Å². The molecule has 0 aliphatic heterocycles. The van der Waals surface area contributed by atoms with Gasteiger partial charge in [-0.25, -0.2) is 28.7 Å². The van der Waals surface area contributed by atoms with Crippen LogP contribution >= 0.6 is 0 Å². The van der Waals surface area contributed by atoms with Gasteiger partial charge in [0, 0.05) is 49.3 Å². The van der Waals surface area contributed by atoms with Gasteiger partial charge in [0.25, 0.3) is 0 Å². The molecule has 0 bridgehead atoms. The Bertz CT molecular complexity index is 1720. The smallest absolute Gasteiger partial charge is 0.420 e. The Morgan fingerprint density at radius 3 is 1.77 bits per heavy atom. The molecule has 0 aromatic carbocycles. The fraction of sp³-hybridized carbons (Fsp3) is 0.357. The number of nitrogens with two attached hydrogens (primary N) is 1. The zero-order valence-corrected chi connectivity index (χ0v) is 25.2. The van der Waals surface area contributed by atoms with Gasteiger partial charge in [-0.2, -0.15) is 0 Å². The lowest BCUT2D eigenvalue weighted by Crippen LogP contribution is -2.28. The van der Waals surface area contributed by atoms with Gasteiger partial charge < -0.3 is 29.8 Å². The van der Waals surface area contributed by atoms with Crippen LogP contribution in [-0.4, -0.2) is 66.4 Å². The van der Waals surface area contributed by atoms with E-state index in [9.17, 15) is 19.2 Å². The fourth-order valence-electron chi connectivity index (χ4n) is 3.66. The lowest BCUT2D eigenvalue weighted by atomic mass is 10.2. The molecule has 4 aromatic rings. The predicted octanol–water partition coefficient (Wildman–Crippen LogP) is 3.25. The first-order valence-electron chi connectivity index (χ1n) is 12.9. The number of ether oxygens (including phenoxy) is 4. The Kier molecular flexibility index (Phi) is 9.48. The van der Waals surface area contributed by atoms with E-state index in [-0.39, 0.29) is 39.7 Å². The predicted molar refractivity (Wildman–Crippen MR) is 157 cm³/mol. The molecule has 0 spiro atoms. The number of rotatable bonds is 4. The highest BCUT2D eigenvalue weighted by atomic mass is 16.6. The summed E-state index contributed by atoms with van der Waals surface area (Å²) in [4.78, 5) is 59.1. The molecule has 0 radical (unpaired) electrons. The topological polar surface area (TPSA) is 188 Å². The number of nitrogen functional groups attached to an aromatic ring is 1. The lowest BCUT2D eigenvalue weighted by molar-refractivity contribution is 0.0528. The summed E-state index contributed by atoms with van der Waals surface area (Å²) in [5, 5.41) is 0. The van der Waals surface area contributed by atoms with E-state index < -0.39 is 23.4 Å². The van der Waals surface area contributed by atoms with Crippen molar-refractivity contribution in [2.24, 2.45) is 0 Å². The van der Waals surface area contributed by atoms with E-state index in [1.54, 1.807) is 41.5 Å². The number of aromatic nitrogens is 6. The van der Waals surface area contributed by atoms with Gasteiger partial charge in [0.1, 0.15) is 16.9 Å². The highest BCUT2D eigenvalue weighted by Crippen LogP contribution is 2.25. The Labute approximate surface area is 246 Å². The second-order valence-corrected chi connectivity index (χ2v) is 10.9. The molecular weight excluding hydrogens is 562 g/mol. The fourth-order valence-corrected chi connectivity index (χ4v) is 3.66. The Morgan fingerprint density at radius 1 is 0.767 bits per heavy atom. The van der Waals surface area contributed by atoms with E-state index in [0.717, 1.165) is 0 Å². The number of H-pyrrole nitrogens is 1. The third-order valence-electron chi connectivity index (χ3n) is 5.30. The third kappa shape index (κ3) is 7.69. The van der Waals surface area contributed by atoms with E-state index in [1.165, 1.54) is 77.3 Å². The summed E-state index contributed by atoms with van der Waals surface area (Å²) in [7, 11) is 2.73. The lowest BCUT2D eigenvalue weighted by Gasteiger charge is -2.20. The van der Waals surface area contributed by atoms with E-state index >= 15 is 0 Å². The van der Waals surface area contributed by atoms with Crippen LogP contribution in [0.5, 0.6) is 11.5 Å². The summed E-state index contributed by atoms with van der Waals surface area (Å²) in [5.41, 5.74) is -1.45. The summed E-state index contributed by atoms with van der Waals surface area (Å²) in [6.45, 7) is 10.6. The Morgan fingerprint density at radius 2 is 1.26 bits per heavy atom. The van der Waals surface area contributed by atoms with Crippen molar-refractivity contribution in [2.45, 2.75) is 52.7 Å². The van der Waals surface area contributed by atoms with Crippen LogP contribution in [0.2, 0.25) is 0 Å². The first-order valence-corrected chi connectivity index (χ1v) is 12.9. The third-order valence-corrected chi connectivity index (χ3v) is 5.30. The number of nitrogens with one attached hydrogen (secondary N) is 1. The highest BCUT2D eigenvalue weighted by molar-refractivity contribution is 5.78. The molecule has 0 saturated heterocycles. The van der Waals surface area contributed by atoms with Crippen LogP contribution in [0, 0.1) is 0 Å². The molecule has 230 valence electrons. The maximum Gasteiger partial charge on any atom is 0.420 e. The van der Waals surface area contributed by atoms with Crippen LogP contribution in [0.25, 0.3) is 23.0 Å². The monoisotopic (exact) mass is 597 g/mol. The van der Waals surface area contributed by atoms with Gasteiger partial charge >= 0.3 is 12.2 Å². The summed E-state index contributed by atoms with van der Waals surface area (Å²) in [5.74, 6) is 6.35. The number of hydrogen-bond donors (Lipinski definition) is 2. The molecule has 0 saturated carbocycles. The zero-order chi connectivity index (χ0) is 32.1. The second-order valence-electron chi connectivity index (χ2n) is 10.9. The molecule has 0 unspecified atom stereocenters. The van der Waals surface area contributed by atoms with Crippen molar-refractivity contribution in [3.05, 3.63) is 69.8 Å². The van der Waals surface area contributed by atoms with Crippen molar-refractivity contribution in [2.75, 3.05) is 20.1 Å². The number of methoxy groups -OCH3 is 2. The molecule has 0 aliphatic carbocycles. The summed E-state index contributed by atoms with van der Waals surface area (Å²) in [6, 6.07) is 2.60. The molecule has 0 aliphatic rings.